The average Bonchev–Trinajstić information content (AvgIpc) is 2.09. The number of anilines is 1. The van der Waals surface area contributed by atoms with Gasteiger partial charge in [0.15, 0.2) is 0 Å². The Kier molecular flexibility index (Phi) is 4.05. The lowest BCUT2D eigenvalue weighted by Crippen LogP contribution is -2.04. The Bertz CT molecular complexity index is 363. The molecule has 0 saturated carbocycles. The van der Waals surface area contributed by atoms with Gasteiger partial charge in [-0.25, -0.2) is 4.98 Å². The van der Waals surface area contributed by atoms with Crippen molar-refractivity contribution < 1.29 is 0 Å². The van der Waals surface area contributed by atoms with Crippen LogP contribution in [0.3, 0.4) is 0 Å². The molecule has 1 aromatic heterocycles. The van der Waals surface area contributed by atoms with Crippen LogP contribution < -0.4 is 5.32 Å². The molecule has 0 unspecified atom stereocenters. The summed E-state index contributed by atoms with van der Waals surface area (Å²) < 4.78 is 0. The van der Waals surface area contributed by atoms with Crippen LogP contribution in [-0.4, -0.2) is 11.5 Å². The fraction of sp³-hybridized carbons (Fsp3) is 0.222. The van der Waals surface area contributed by atoms with Crippen molar-refractivity contribution in [3.63, 3.8) is 0 Å². The second-order valence-electron chi connectivity index (χ2n) is 2.90. The number of pyridine rings is 1. The molecule has 1 rings (SSSR count). The third-order valence-electron chi connectivity index (χ3n) is 1.44. The van der Waals surface area contributed by atoms with Gasteiger partial charge in [0, 0.05) is 6.54 Å². The van der Waals surface area contributed by atoms with E-state index in [4.69, 9.17) is 34.8 Å². The minimum Gasteiger partial charge on any atom is -0.365 e. The summed E-state index contributed by atoms with van der Waals surface area (Å²) in [5.74, 6) is 0.518. The molecule has 0 radical (unpaired) electrons. The van der Waals surface area contributed by atoms with Crippen LogP contribution in [-0.2, 0) is 0 Å². The first-order valence-corrected chi connectivity index (χ1v) is 5.04. The van der Waals surface area contributed by atoms with E-state index in [0.717, 1.165) is 5.57 Å². The summed E-state index contributed by atoms with van der Waals surface area (Å²) in [5, 5.41) is 4.02. The first-order chi connectivity index (χ1) is 6.50. The van der Waals surface area contributed by atoms with Crippen LogP contribution in [0.15, 0.2) is 18.2 Å². The minimum absolute atomic E-state index is 0.236. The topological polar surface area (TPSA) is 24.9 Å². The normalized spacial score (nSPS) is 10.0. The molecular formula is C9H9Cl3N2. The second kappa shape index (κ2) is 4.87. The van der Waals surface area contributed by atoms with Gasteiger partial charge < -0.3 is 5.32 Å². The van der Waals surface area contributed by atoms with E-state index in [0.29, 0.717) is 22.4 Å². The maximum absolute atomic E-state index is 5.89. The molecule has 0 aliphatic heterocycles. The Morgan fingerprint density at radius 1 is 1.43 bits per heavy atom. The quantitative estimate of drug-likeness (QED) is 0.648. The van der Waals surface area contributed by atoms with Crippen LogP contribution in [0.5, 0.6) is 0 Å². The van der Waals surface area contributed by atoms with Gasteiger partial charge in [0.25, 0.3) is 0 Å². The summed E-state index contributed by atoms with van der Waals surface area (Å²) in [6.07, 6.45) is 0. The molecule has 0 spiro atoms. The number of hydrogen-bond acceptors (Lipinski definition) is 2. The third-order valence-corrected chi connectivity index (χ3v) is 2.41. The van der Waals surface area contributed by atoms with Gasteiger partial charge in [-0.3, -0.25) is 0 Å². The smallest absolute Gasteiger partial charge is 0.150 e. The predicted molar refractivity (Wildman–Crippen MR) is 62.6 cm³/mol. The van der Waals surface area contributed by atoms with Crippen molar-refractivity contribution >= 4 is 40.6 Å². The summed E-state index contributed by atoms with van der Waals surface area (Å²) in [7, 11) is 0. The molecule has 1 aromatic rings. The third kappa shape index (κ3) is 3.05. The van der Waals surface area contributed by atoms with E-state index in [1.807, 2.05) is 6.92 Å². The van der Waals surface area contributed by atoms with Gasteiger partial charge in [-0.05, 0) is 13.0 Å². The van der Waals surface area contributed by atoms with Gasteiger partial charge in [0.1, 0.15) is 11.0 Å². The summed E-state index contributed by atoms with van der Waals surface area (Å²) in [4.78, 5) is 3.99. The predicted octanol–water partition coefficient (Wildman–Crippen LogP) is 4.03. The summed E-state index contributed by atoms with van der Waals surface area (Å²) >= 11 is 17.3. The highest BCUT2D eigenvalue weighted by Gasteiger charge is 2.06. The van der Waals surface area contributed by atoms with Crippen LogP contribution in [0.4, 0.5) is 5.82 Å². The highest BCUT2D eigenvalue weighted by Crippen LogP contribution is 2.28. The highest BCUT2D eigenvalue weighted by molar-refractivity contribution is 6.42. The molecule has 1 heterocycles. The lowest BCUT2D eigenvalue weighted by Gasteiger charge is -2.07. The Morgan fingerprint density at radius 3 is 2.64 bits per heavy atom. The molecule has 0 aliphatic carbocycles. The van der Waals surface area contributed by atoms with Gasteiger partial charge in [-0.1, -0.05) is 47.0 Å². The van der Waals surface area contributed by atoms with E-state index >= 15 is 0 Å². The number of aromatic nitrogens is 1. The summed E-state index contributed by atoms with van der Waals surface area (Å²) in [6, 6.07) is 1.55. The van der Waals surface area contributed by atoms with E-state index in [-0.39, 0.29) is 5.15 Å². The number of rotatable bonds is 3. The molecule has 1 N–H and O–H groups in total. The summed E-state index contributed by atoms with van der Waals surface area (Å²) in [6.45, 7) is 6.25. The Morgan fingerprint density at radius 2 is 2.07 bits per heavy atom. The molecule has 2 nitrogen and oxygen atoms in total. The van der Waals surface area contributed by atoms with E-state index in [1.165, 1.54) is 0 Å². The molecule has 76 valence electrons. The molecule has 14 heavy (non-hydrogen) atoms. The molecule has 0 atom stereocenters. The monoisotopic (exact) mass is 250 g/mol. The molecule has 0 saturated heterocycles. The fourth-order valence-corrected chi connectivity index (χ4v) is 1.37. The number of nitrogens with one attached hydrogen (secondary N) is 1. The number of nitrogens with zero attached hydrogens (tertiary/aromatic N) is 1. The van der Waals surface area contributed by atoms with Gasteiger partial charge in [-0.2, -0.15) is 0 Å². The minimum atomic E-state index is 0.236. The molecule has 0 bridgehead atoms. The van der Waals surface area contributed by atoms with Gasteiger partial charge in [0.05, 0.1) is 10.0 Å². The van der Waals surface area contributed by atoms with Crippen LogP contribution in [0, 0.1) is 0 Å². The van der Waals surface area contributed by atoms with E-state index in [9.17, 15) is 0 Å². The molecule has 0 amide bonds. The van der Waals surface area contributed by atoms with Crippen LogP contribution in [0.25, 0.3) is 0 Å². The molecular weight excluding hydrogens is 242 g/mol. The zero-order valence-electron chi connectivity index (χ0n) is 7.57. The zero-order valence-corrected chi connectivity index (χ0v) is 9.84. The Labute approximate surface area is 97.9 Å². The standard InChI is InChI=1S/C9H9Cl3N2/c1-5(2)4-13-9-7(11)3-6(10)8(12)14-9/h3H,1,4H2,2H3,(H,13,14). The Hall–Kier alpha value is -0.440. The van der Waals surface area contributed by atoms with Gasteiger partial charge in [0.2, 0.25) is 0 Å². The van der Waals surface area contributed by atoms with Crippen LogP contribution in [0.2, 0.25) is 15.2 Å². The molecule has 0 fully saturated rings. The molecule has 0 aromatic carbocycles. The number of hydrogen-bond donors (Lipinski definition) is 1. The van der Waals surface area contributed by atoms with Gasteiger partial charge >= 0.3 is 0 Å². The lowest BCUT2D eigenvalue weighted by molar-refractivity contribution is 1.17. The average molecular weight is 252 g/mol. The van der Waals surface area contributed by atoms with Crippen molar-refractivity contribution in [2.45, 2.75) is 6.92 Å². The fourth-order valence-electron chi connectivity index (χ4n) is 0.803. The van der Waals surface area contributed by atoms with E-state index in [2.05, 4.69) is 16.9 Å². The first kappa shape index (κ1) is 11.6. The van der Waals surface area contributed by atoms with E-state index in [1.54, 1.807) is 6.07 Å². The maximum atomic E-state index is 5.89. The Balaban J connectivity index is 2.87. The second-order valence-corrected chi connectivity index (χ2v) is 4.07. The van der Waals surface area contributed by atoms with Crippen molar-refractivity contribution in [3.8, 4) is 0 Å². The summed E-state index contributed by atoms with van der Waals surface area (Å²) in [5.41, 5.74) is 0.980. The van der Waals surface area contributed by atoms with E-state index < -0.39 is 0 Å². The zero-order chi connectivity index (χ0) is 10.7. The van der Waals surface area contributed by atoms with Crippen molar-refractivity contribution in [1.82, 2.24) is 4.98 Å². The SMILES string of the molecule is C=C(C)CNc1nc(Cl)c(Cl)cc1Cl. The molecule has 0 aliphatic rings. The van der Waals surface area contributed by atoms with Crippen LogP contribution >= 0.6 is 34.8 Å². The lowest BCUT2D eigenvalue weighted by atomic mass is 10.3. The van der Waals surface area contributed by atoms with Crippen molar-refractivity contribution in [3.05, 3.63) is 33.4 Å². The maximum Gasteiger partial charge on any atom is 0.150 e. The van der Waals surface area contributed by atoms with Crippen LogP contribution in [0.1, 0.15) is 6.92 Å². The molecule has 5 heteroatoms. The largest absolute Gasteiger partial charge is 0.365 e. The first-order valence-electron chi connectivity index (χ1n) is 3.90. The van der Waals surface area contributed by atoms with Crippen molar-refractivity contribution in [1.29, 1.82) is 0 Å². The van der Waals surface area contributed by atoms with Crippen molar-refractivity contribution in [2.24, 2.45) is 0 Å². The van der Waals surface area contributed by atoms with Crippen molar-refractivity contribution in [2.75, 3.05) is 11.9 Å². The highest BCUT2D eigenvalue weighted by atomic mass is 35.5. The number of halogens is 3. The van der Waals surface area contributed by atoms with Gasteiger partial charge in [-0.15, -0.1) is 0 Å².